The number of benzene rings is 1. The van der Waals surface area contributed by atoms with Crippen LogP contribution < -0.4 is 0 Å². The second-order valence-electron chi connectivity index (χ2n) is 5.03. The summed E-state index contributed by atoms with van der Waals surface area (Å²) >= 11 is 1.48. The predicted molar refractivity (Wildman–Crippen MR) is 75.6 cm³/mol. The van der Waals surface area contributed by atoms with Gasteiger partial charge in [0.25, 0.3) is 0 Å². The fraction of sp³-hybridized carbons (Fsp3) is 0.467. The first-order chi connectivity index (χ1) is 9.48. The van der Waals surface area contributed by atoms with Gasteiger partial charge in [0.2, 0.25) is 0 Å². The van der Waals surface area contributed by atoms with Gasteiger partial charge in [-0.2, -0.15) is 0 Å². The Balaban J connectivity index is 2.44. The Hall–Kier alpha value is -1.36. The summed E-state index contributed by atoms with van der Waals surface area (Å²) in [5.41, 5.74) is -0.646. The average molecular weight is 296 g/mol. The van der Waals surface area contributed by atoms with E-state index >= 15 is 0 Å². The summed E-state index contributed by atoms with van der Waals surface area (Å²) in [5, 5.41) is 9.60. The molecule has 0 heterocycles. The molecule has 0 atom stereocenters. The topological polar surface area (TPSA) is 54.4 Å². The molecule has 0 aliphatic heterocycles. The van der Waals surface area contributed by atoms with E-state index in [1.807, 2.05) is 6.92 Å². The summed E-state index contributed by atoms with van der Waals surface area (Å²) in [6.45, 7) is 1.96. The van der Waals surface area contributed by atoms with E-state index in [0.717, 1.165) is 10.6 Å². The number of carbonyl (C=O) groups excluding carboxylic acids is 1. The van der Waals surface area contributed by atoms with Gasteiger partial charge in [0.05, 0.1) is 5.41 Å². The van der Waals surface area contributed by atoms with Crippen molar-refractivity contribution < 1.29 is 19.1 Å². The third-order valence-corrected chi connectivity index (χ3v) is 4.66. The summed E-state index contributed by atoms with van der Waals surface area (Å²) < 4.78 is 13.7. The quantitative estimate of drug-likeness (QED) is 0.865. The fourth-order valence-electron chi connectivity index (χ4n) is 2.67. The first kappa shape index (κ1) is 15.0. The first-order valence-corrected chi connectivity index (χ1v) is 7.65. The summed E-state index contributed by atoms with van der Waals surface area (Å²) in [6.07, 6.45) is 1.000. The maximum Gasteiger partial charge on any atom is 0.314 e. The summed E-state index contributed by atoms with van der Waals surface area (Å²) in [6, 6.07) is 4.46. The molecule has 0 saturated heterocycles. The lowest BCUT2D eigenvalue weighted by Gasteiger charge is -2.33. The minimum atomic E-state index is -1.13. The molecule has 0 aromatic heterocycles. The van der Waals surface area contributed by atoms with Crippen molar-refractivity contribution in [2.24, 2.45) is 0 Å². The molecule has 3 nitrogen and oxygen atoms in total. The molecule has 0 spiro atoms. The van der Waals surface area contributed by atoms with Gasteiger partial charge in [-0.25, -0.2) is 4.39 Å². The van der Waals surface area contributed by atoms with Crippen LogP contribution in [-0.4, -0.2) is 22.6 Å². The van der Waals surface area contributed by atoms with Crippen molar-refractivity contribution in [3.63, 3.8) is 0 Å². The molecule has 0 unspecified atom stereocenters. The highest BCUT2D eigenvalue weighted by atomic mass is 32.2. The number of Topliss-reactive ketones (excluding diaryl/α,β-unsaturated/α-hetero) is 1. The van der Waals surface area contributed by atoms with E-state index in [1.165, 1.54) is 23.9 Å². The minimum Gasteiger partial charge on any atom is -0.481 e. The van der Waals surface area contributed by atoms with Gasteiger partial charge >= 0.3 is 5.97 Å². The normalized spacial score (nSPS) is 18.0. The molecule has 0 radical (unpaired) electrons. The zero-order valence-corrected chi connectivity index (χ0v) is 12.1. The molecule has 1 fully saturated rings. The van der Waals surface area contributed by atoms with Crippen LogP contribution in [0.2, 0.25) is 0 Å². The van der Waals surface area contributed by atoms with Crippen LogP contribution in [0.15, 0.2) is 23.1 Å². The van der Waals surface area contributed by atoms with Gasteiger partial charge < -0.3 is 5.11 Å². The third kappa shape index (κ3) is 2.87. The number of hydrogen-bond acceptors (Lipinski definition) is 3. The molecule has 0 amide bonds. The Kier molecular flexibility index (Phi) is 4.48. The Morgan fingerprint density at radius 2 is 2.00 bits per heavy atom. The third-order valence-electron chi connectivity index (χ3n) is 3.81. The molecule has 2 rings (SSSR count). The minimum absolute atomic E-state index is 0.0847. The SMILES string of the molecule is CCSc1cc(F)cc(C2(C(=O)O)CCC(=O)CC2)c1. The number of hydrogen-bond donors (Lipinski definition) is 1. The Morgan fingerprint density at radius 3 is 2.55 bits per heavy atom. The van der Waals surface area contributed by atoms with Crippen LogP contribution in [0.4, 0.5) is 4.39 Å². The fourth-order valence-corrected chi connectivity index (χ4v) is 3.41. The number of carbonyl (C=O) groups is 2. The van der Waals surface area contributed by atoms with Crippen molar-refractivity contribution in [2.75, 3.05) is 5.75 Å². The summed E-state index contributed by atoms with van der Waals surface area (Å²) in [7, 11) is 0. The molecule has 5 heteroatoms. The lowest BCUT2D eigenvalue weighted by Crippen LogP contribution is -2.39. The standard InChI is InChI=1S/C15H17FO3S/c1-2-20-13-8-10(7-11(16)9-13)15(14(18)19)5-3-12(17)4-6-15/h7-9H,2-6H2,1H3,(H,18,19). The predicted octanol–water partition coefficient (Wildman–Crippen LogP) is 3.40. The van der Waals surface area contributed by atoms with Crippen LogP contribution in [0.5, 0.6) is 0 Å². The number of thioether (sulfide) groups is 1. The van der Waals surface area contributed by atoms with Gasteiger partial charge in [0, 0.05) is 17.7 Å². The van der Waals surface area contributed by atoms with Gasteiger partial charge in [-0.05, 0) is 42.4 Å². The highest BCUT2D eigenvalue weighted by Gasteiger charge is 2.43. The molecule has 1 saturated carbocycles. The van der Waals surface area contributed by atoms with Crippen molar-refractivity contribution in [3.8, 4) is 0 Å². The van der Waals surface area contributed by atoms with E-state index in [1.54, 1.807) is 6.07 Å². The monoisotopic (exact) mass is 296 g/mol. The molecule has 0 bridgehead atoms. The van der Waals surface area contributed by atoms with Crippen molar-refractivity contribution >= 4 is 23.5 Å². The maximum atomic E-state index is 13.7. The number of rotatable bonds is 4. The van der Waals surface area contributed by atoms with Crippen LogP contribution in [0, 0.1) is 5.82 Å². The number of aliphatic carboxylic acids is 1. The molecule has 1 aromatic rings. The average Bonchev–Trinajstić information content (AvgIpc) is 2.39. The van der Waals surface area contributed by atoms with Gasteiger partial charge in [0.15, 0.2) is 0 Å². The van der Waals surface area contributed by atoms with E-state index in [0.29, 0.717) is 5.56 Å². The molecule has 108 valence electrons. The number of ketones is 1. The van der Waals surface area contributed by atoms with E-state index in [9.17, 15) is 19.1 Å². The molecule has 20 heavy (non-hydrogen) atoms. The Morgan fingerprint density at radius 1 is 1.35 bits per heavy atom. The van der Waals surface area contributed by atoms with Crippen molar-refractivity contribution in [1.29, 1.82) is 0 Å². The summed E-state index contributed by atoms with van der Waals surface area (Å²) in [5.74, 6) is -0.512. The zero-order chi connectivity index (χ0) is 14.8. The van der Waals surface area contributed by atoms with Crippen LogP contribution >= 0.6 is 11.8 Å². The van der Waals surface area contributed by atoms with Crippen molar-refractivity contribution in [1.82, 2.24) is 0 Å². The Labute approximate surface area is 121 Å². The molecular formula is C15H17FO3S. The first-order valence-electron chi connectivity index (χ1n) is 6.67. The summed E-state index contributed by atoms with van der Waals surface area (Å²) in [4.78, 5) is 23.8. The number of carboxylic acid groups (broad SMARTS) is 1. The van der Waals surface area contributed by atoms with Crippen LogP contribution in [0.25, 0.3) is 0 Å². The van der Waals surface area contributed by atoms with Crippen molar-refractivity contribution in [3.05, 3.63) is 29.6 Å². The molecule has 1 aromatic carbocycles. The van der Waals surface area contributed by atoms with Crippen LogP contribution in [0.3, 0.4) is 0 Å². The van der Waals surface area contributed by atoms with Gasteiger partial charge in [-0.15, -0.1) is 11.8 Å². The van der Waals surface area contributed by atoms with Gasteiger partial charge in [-0.1, -0.05) is 6.92 Å². The van der Waals surface area contributed by atoms with Crippen molar-refractivity contribution in [2.45, 2.75) is 42.9 Å². The van der Waals surface area contributed by atoms with Crippen LogP contribution in [0.1, 0.15) is 38.2 Å². The highest BCUT2D eigenvalue weighted by Crippen LogP contribution is 2.40. The highest BCUT2D eigenvalue weighted by molar-refractivity contribution is 7.99. The number of carboxylic acids is 1. The molecule has 1 aliphatic carbocycles. The molecule has 1 aliphatic rings. The second kappa shape index (κ2) is 5.95. The maximum absolute atomic E-state index is 13.7. The smallest absolute Gasteiger partial charge is 0.314 e. The lowest BCUT2D eigenvalue weighted by atomic mass is 9.69. The van der Waals surface area contributed by atoms with Crippen LogP contribution in [-0.2, 0) is 15.0 Å². The van der Waals surface area contributed by atoms with E-state index in [4.69, 9.17) is 0 Å². The zero-order valence-electron chi connectivity index (χ0n) is 11.3. The van der Waals surface area contributed by atoms with Gasteiger partial charge in [0.1, 0.15) is 11.6 Å². The van der Waals surface area contributed by atoms with E-state index in [2.05, 4.69) is 0 Å². The molecular weight excluding hydrogens is 279 g/mol. The second-order valence-corrected chi connectivity index (χ2v) is 6.37. The number of halogens is 1. The Bertz CT molecular complexity index is 532. The van der Waals surface area contributed by atoms with Gasteiger partial charge in [-0.3, -0.25) is 9.59 Å². The van der Waals surface area contributed by atoms with E-state index in [-0.39, 0.29) is 31.5 Å². The largest absolute Gasteiger partial charge is 0.481 e. The van der Waals surface area contributed by atoms with E-state index < -0.39 is 17.2 Å². The lowest BCUT2D eigenvalue weighted by molar-refractivity contribution is -0.146. The molecule has 1 N–H and O–H groups in total.